The first-order valence-corrected chi connectivity index (χ1v) is 13.3. The first-order chi connectivity index (χ1) is 14.9. The van der Waals surface area contributed by atoms with Gasteiger partial charge in [0.2, 0.25) is 8.03 Å². The fourth-order valence-corrected chi connectivity index (χ4v) is 4.82. The standard InChI is InChI=1S/C26H32O4P2/c1-25(2,3)20-11-16-24(23(17-20)26(4,5)6)30-32(29)22-14-9-19(10-15-22)18-7-12-21(13-8-18)31(27)28/h7-17,31-32H,1-6H3,(H,27,28). The molecule has 0 fully saturated rings. The van der Waals surface area contributed by atoms with Crippen molar-refractivity contribution in [2.24, 2.45) is 0 Å². The lowest BCUT2D eigenvalue weighted by Crippen LogP contribution is -2.17. The molecule has 0 saturated carbocycles. The Balaban J connectivity index is 1.84. The van der Waals surface area contributed by atoms with Crippen molar-refractivity contribution in [3.05, 3.63) is 77.9 Å². The van der Waals surface area contributed by atoms with Crippen molar-refractivity contribution >= 4 is 26.7 Å². The van der Waals surface area contributed by atoms with E-state index in [1.165, 1.54) is 5.56 Å². The summed E-state index contributed by atoms with van der Waals surface area (Å²) in [6, 6.07) is 20.5. The Hall–Kier alpha value is -2.12. The highest BCUT2D eigenvalue weighted by molar-refractivity contribution is 7.48. The van der Waals surface area contributed by atoms with Crippen LogP contribution in [0.25, 0.3) is 11.1 Å². The fourth-order valence-electron chi connectivity index (χ4n) is 3.43. The van der Waals surface area contributed by atoms with Crippen LogP contribution in [0.2, 0.25) is 0 Å². The van der Waals surface area contributed by atoms with Crippen LogP contribution in [0.15, 0.2) is 66.7 Å². The van der Waals surface area contributed by atoms with Gasteiger partial charge in [0.1, 0.15) is 5.75 Å². The van der Waals surface area contributed by atoms with Gasteiger partial charge in [-0.15, -0.1) is 0 Å². The zero-order chi connectivity index (χ0) is 23.7. The lowest BCUT2D eigenvalue weighted by Gasteiger charge is -2.27. The number of hydrogen-bond donors (Lipinski definition) is 1. The molecule has 3 aromatic rings. The van der Waals surface area contributed by atoms with Crippen LogP contribution in [0.3, 0.4) is 0 Å². The van der Waals surface area contributed by atoms with Gasteiger partial charge in [-0.3, -0.25) is 9.13 Å². The molecule has 3 aromatic carbocycles. The second kappa shape index (κ2) is 9.40. The first-order valence-electron chi connectivity index (χ1n) is 10.7. The molecule has 0 aliphatic carbocycles. The van der Waals surface area contributed by atoms with E-state index < -0.39 is 16.1 Å². The average Bonchev–Trinajstić information content (AvgIpc) is 2.72. The van der Waals surface area contributed by atoms with Crippen LogP contribution < -0.4 is 15.1 Å². The maximum Gasteiger partial charge on any atom is 0.265 e. The van der Waals surface area contributed by atoms with Crippen molar-refractivity contribution in [3.63, 3.8) is 0 Å². The molecule has 0 aliphatic rings. The molecular formula is C26H32O4P2. The van der Waals surface area contributed by atoms with Crippen molar-refractivity contribution < 1.29 is 18.5 Å². The molecule has 0 bridgehead atoms. The normalized spacial score (nSPS) is 14.1. The molecule has 2 unspecified atom stereocenters. The van der Waals surface area contributed by atoms with E-state index in [1.54, 1.807) is 12.1 Å². The van der Waals surface area contributed by atoms with Gasteiger partial charge in [-0.25, -0.2) is 0 Å². The van der Waals surface area contributed by atoms with Gasteiger partial charge in [0, 0.05) is 16.2 Å². The summed E-state index contributed by atoms with van der Waals surface area (Å²) in [6.07, 6.45) is 0. The quantitative estimate of drug-likeness (QED) is 0.450. The Morgan fingerprint density at radius 2 is 1.19 bits per heavy atom. The van der Waals surface area contributed by atoms with Gasteiger partial charge in [0.05, 0.1) is 0 Å². The molecule has 170 valence electrons. The molecule has 0 aliphatic heterocycles. The summed E-state index contributed by atoms with van der Waals surface area (Å²) in [5.74, 6) is 0.660. The van der Waals surface area contributed by atoms with Crippen molar-refractivity contribution in [2.75, 3.05) is 0 Å². The number of benzene rings is 3. The largest absolute Gasteiger partial charge is 0.441 e. The van der Waals surface area contributed by atoms with E-state index in [0.29, 0.717) is 16.4 Å². The summed E-state index contributed by atoms with van der Waals surface area (Å²) in [4.78, 5) is 9.23. The van der Waals surface area contributed by atoms with Crippen LogP contribution in [-0.2, 0) is 20.0 Å². The van der Waals surface area contributed by atoms with E-state index in [1.807, 2.05) is 48.5 Å². The van der Waals surface area contributed by atoms with Gasteiger partial charge in [0.25, 0.3) is 8.03 Å². The first kappa shape index (κ1) is 24.5. The van der Waals surface area contributed by atoms with Crippen LogP contribution in [0.5, 0.6) is 5.75 Å². The highest BCUT2D eigenvalue weighted by atomic mass is 31.1. The Kier molecular flexibility index (Phi) is 7.20. The van der Waals surface area contributed by atoms with Crippen LogP contribution in [0, 0.1) is 0 Å². The van der Waals surface area contributed by atoms with Gasteiger partial charge >= 0.3 is 0 Å². The van der Waals surface area contributed by atoms with Crippen LogP contribution >= 0.6 is 16.1 Å². The summed E-state index contributed by atoms with van der Waals surface area (Å²) >= 11 is 0. The molecule has 0 saturated heterocycles. The van der Waals surface area contributed by atoms with E-state index in [9.17, 15) is 14.0 Å². The molecule has 0 heterocycles. The van der Waals surface area contributed by atoms with Crippen LogP contribution in [0.1, 0.15) is 52.7 Å². The van der Waals surface area contributed by atoms with E-state index in [0.717, 1.165) is 16.7 Å². The molecule has 2 atom stereocenters. The third-order valence-electron chi connectivity index (χ3n) is 5.44. The van der Waals surface area contributed by atoms with E-state index in [4.69, 9.17) is 4.52 Å². The molecule has 1 N–H and O–H groups in total. The second-order valence-corrected chi connectivity index (χ2v) is 12.6. The molecule has 0 radical (unpaired) electrons. The third kappa shape index (κ3) is 5.81. The maximum absolute atomic E-state index is 13.0. The van der Waals surface area contributed by atoms with Gasteiger partial charge in [-0.2, -0.15) is 0 Å². The number of hydrogen-bond acceptors (Lipinski definition) is 3. The summed E-state index contributed by atoms with van der Waals surface area (Å²) in [7, 11) is -5.17. The molecule has 0 spiro atoms. The van der Waals surface area contributed by atoms with E-state index in [-0.39, 0.29) is 10.8 Å². The minimum Gasteiger partial charge on any atom is -0.441 e. The van der Waals surface area contributed by atoms with Gasteiger partial charge in [0.15, 0.2) is 0 Å². The molecule has 0 amide bonds. The SMILES string of the molecule is CC(C)(C)c1ccc(O[PH](=O)c2ccc(-c3ccc([PH](=O)O)cc3)cc2)c(C(C)(C)C)c1. The van der Waals surface area contributed by atoms with Crippen molar-refractivity contribution in [1.29, 1.82) is 0 Å². The second-order valence-electron chi connectivity index (χ2n) is 10.1. The minimum absolute atomic E-state index is 0.0190. The third-order valence-corrected chi connectivity index (χ3v) is 7.48. The summed E-state index contributed by atoms with van der Waals surface area (Å²) in [5.41, 5.74) is 4.01. The topological polar surface area (TPSA) is 63.6 Å². The monoisotopic (exact) mass is 470 g/mol. The smallest absolute Gasteiger partial charge is 0.265 e. The lowest BCUT2D eigenvalue weighted by atomic mass is 9.80. The highest BCUT2D eigenvalue weighted by Crippen LogP contribution is 2.39. The average molecular weight is 470 g/mol. The van der Waals surface area contributed by atoms with Crippen molar-refractivity contribution in [2.45, 2.75) is 52.4 Å². The molecule has 4 nitrogen and oxygen atoms in total. The van der Waals surface area contributed by atoms with Crippen molar-refractivity contribution in [3.8, 4) is 16.9 Å². The molecule has 6 heteroatoms. The summed E-state index contributed by atoms with van der Waals surface area (Å²) < 4.78 is 30.3. The van der Waals surface area contributed by atoms with Crippen LogP contribution in [-0.4, -0.2) is 4.89 Å². The maximum atomic E-state index is 13.0. The van der Waals surface area contributed by atoms with E-state index >= 15 is 0 Å². The zero-order valence-electron chi connectivity index (χ0n) is 19.5. The van der Waals surface area contributed by atoms with Gasteiger partial charge in [-0.05, 0) is 57.9 Å². The Bertz CT molecular complexity index is 1140. The van der Waals surface area contributed by atoms with Crippen molar-refractivity contribution in [1.82, 2.24) is 0 Å². The predicted molar refractivity (Wildman–Crippen MR) is 136 cm³/mol. The predicted octanol–water partition coefficient (Wildman–Crippen LogP) is 6.22. The summed E-state index contributed by atoms with van der Waals surface area (Å²) in [6.45, 7) is 12.9. The van der Waals surface area contributed by atoms with Crippen LogP contribution in [0.4, 0.5) is 0 Å². The molecule has 0 aromatic heterocycles. The number of rotatable bonds is 5. The summed E-state index contributed by atoms with van der Waals surface area (Å²) in [5, 5.41) is 1.08. The van der Waals surface area contributed by atoms with E-state index in [2.05, 4.69) is 47.6 Å². The Morgan fingerprint density at radius 3 is 1.62 bits per heavy atom. The Labute approximate surface area is 192 Å². The highest BCUT2D eigenvalue weighted by Gasteiger charge is 2.24. The van der Waals surface area contributed by atoms with Gasteiger partial charge < -0.3 is 9.42 Å². The Morgan fingerprint density at radius 1 is 0.688 bits per heavy atom. The fraction of sp³-hybridized carbons (Fsp3) is 0.308. The zero-order valence-corrected chi connectivity index (χ0v) is 21.5. The lowest BCUT2D eigenvalue weighted by molar-refractivity contribution is 0.492. The molecule has 32 heavy (non-hydrogen) atoms. The van der Waals surface area contributed by atoms with Gasteiger partial charge in [-0.1, -0.05) is 77.9 Å². The molecule has 3 rings (SSSR count). The molecular weight excluding hydrogens is 438 g/mol. The minimum atomic E-state index is -2.69.